The van der Waals surface area contributed by atoms with Gasteiger partial charge < -0.3 is 5.32 Å². The Morgan fingerprint density at radius 2 is 2.06 bits per heavy atom. The molecule has 2 aromatic rings. The molecular weight excluding hydrogens is 282 g/mol. The third kappa shape index (κ3) is 4.31. The third-order valence-corrected chi connectivity index (χ3v) is 5.32. The van der Waals surface area contributed by atoms with E-state index < -0.39 is 10.8 Å². The lowest BCUT2D eigenvalue weighted by Gasteiger charge is -2.16. The van der Waals surface area contributed by atoms with Crippen molar-refractivity contribution in [3.05, 3.63) is 44.8 Å². The van der Waals surface area contributed by atoms with Crippen LogP contribution in [0.4, 0.5) is 0 Å². The van der Waals surface area contributed by atoms with Gasteiger partial charge in [-0.15, -0.1) is 22.7 Å². The van der Waals surface area contributed by atoms with Crippen LogP contribution in [0, 0.1) is 0 Å². The van der Waals surface area contributed by atoms with Gasteiger partial charge in [0.05, 0.1) is 0 Å². The molecule has 2 nitrogen and oxygen atoms in total. The van der Waals surface area contributed by atoms with Crippen LogP contribution in [0.3, 0.4) is 0 Å². The first-order chi connectivity index (χ1) is 8.75. The summed E-state index contributed by atoms with van der Waals surface area (Å²) >= 11 is 3.57. The highest BCUT2D eigenvalue weighted by atomic mass is 32.2. The van der Waals surface area contributed by atoms with Crippen LogP contribution >= 0.6 is 22.7 Å². The summed E-state index contributed by atoms with van der Waals surface area (Å²) in [5, 5.41) is 7.74. The van der Waals surface area contributed by atoms with Crippen molar-refractivity contribution in [2.24, 2.45) is 0 Å². The molecule has 2 unspecified atom stereocenters. The molecule has 0 aliphatic carbocycles. The van der Waals surface area contributed by atoms with Crippen LogP contribution < -0.4 is 5.32 Å². The fourth-order valence-corrected chi connectivity index (χ4v) is 3.73. The predicted octanol–water partition coefficient (Wildman–Crippen LogP) is 3.06. The summed E-state index contributed by atoms with van der Waals surface area (Å²) in [6.07, 6.45) is 2.76. The zero-order valence-corrected chi connectivity index (χ0v) is 12.7. The second kappa shape index (κ2) is 7.19. The molecule has 2 atom stereocenters. The molecule has 2 heterocycles. The Bertz CT molecular complexity index is 464. The molecule has 0 amide bonds. The Balaban J connectivity index is 1.97. The van der Waals surface area contributed by atoms with Gasteiger partial charge in [0.1, 0.15) is 0 Å². The Kier molecular flexibility index (Phi) is 5.56. The summed E-state index contributed by atoms with van der Waals surface area (Å²) in [7, 11) is -0.724. The largest absolute Gasteiger partial charge is 0.308 e. The van der Waals surface area contributed by atoms with Crippen molar-refractivity contribution in [3.63, 3.8) is 0 Å². The van der Waals surface area contributed by atoms with Crippen molar-refractivity contribution in [2.45, 2.75) is 12.5 Å². The van der Waals surface area contributed by atoms with Gasteiger partial charge in [0.25, 0.3) is 0 Å². The number of rotatable bonds is 7. The SMILES string of the molecule is CS(=O)CCNC(Cc1cccs1)c1cccs1. The summed E-state index contributed by atoms with van der Waals surface area (Å²) < 4.78 is 11.1. The summed E-state index contributed by atoms with van der Waals surface area (Å²) in [6, 6.07) is 8.85. The molecule has 0 aliphatic rings. The summed E-state index contributed by atoms with van der Waals surface area (Å²) in [5.74, 6) is 0.715. The normalized spacial score (nSPS) is 14.5. The van der Waals surface area contributed by atoms with Crippen LogP contribution in [-0.4, -0.2) is 22.8 Å². The minimum atomic E-state index is -0.724. The van der Waals surface area contributed by atoms with E-state index in [0.29, 0.717) is 11.8 Å². The third-order valence-electron chi connectivity index (χ3n) is 2.65. The van der Waals surface area contributed by atoms with Gasteiger partial charge in [-0.3, -0.25) is 4.21 Å². The van der Waals surface area contributed by atoms with Crippen LogP contribution in [-0.2, 0) is 17.2 Å². The first-order valence-corrected chi connectivity index (χ1v) is 9.33. The minimum absolute atomic E-state index is 0.340. The van der Waals surface area contributed by atoms with Crippen LogP contribution in [0.15, 0.2) is 35.0 Å². The maximum absolute atomic E-state index is 11.1. The lowest BCUT2D eigenvalue weighted by molar-refractivity contribution is 0.562. The lowest BCUT2D eigenvalue weighted by atomic mass is 10.1. The zero-order chi connectivity index (χ0) is 12.8. The molecule has 2 rings (SSSR count). The van der Waals surface area contributed by atoms with E-state index in [1.54, 1.807) is 28.9 Å². The quantitative estimate of drug-likeness (QED) is 0.851. The van der Waals surface area contributed by atoms with E-state index in [1.165, 1.54) is 9.75 Å². The van der Waals surface area contributed by atoms with Crippen molar-refractivity contribution < 1.29 is 4.21 Å². The maximum Gasteiger partial charge on any atom is 0.0463 e. The standard InChI is InChI=1S/C13H17NOS3/c1-18(15)9-6-14-12(13-5-3-8-17-13)10-11-4-2-7-16-11/h2-5,7-8,12,14H,6,9-10H2,1H3. The molecule has 1 N–H and O–H groups in total. The summed E-state index contributed by atoms with van der Waals surface area (Å²) in [6.45, 7) is 0.803. The molecule has 0 saturated heterocycles. The highest BCUT2D eigenvalue weighted by Gasteiger charge is 2.13. The Hall–Kier alpha value is -0.490. The van der Waals surface area contributed by atoms with Crippen molar-refractivity contribution in [3.8, 4) is 0 Å². The van der Waals surface area contributed by atoms with Crippen molar-refractivity contribution in [1.29, 1.82) is 0 Å². The second-order valence-electron chi connectivity index (χ2n) is 4.08. The number of hydrogen-bond acceptors (Lipinski definition) is 4. The molecule has 0 fully saturated rings. The van der Waals surface area contributed by atoms with Gasteiger partial charge in [-0.25, -0.2) is 0 Å². The van der Waals surface area contributed by atoms with E-state index in [1.807, 2.05) is 0 Å². The van der Waals surface area contributed by atoms with Crippen LogP contribution in [0.2, 0.25) is 0 Å². The lowest BCUT2D eigenvalue weighted by Crippen LogP contribution is -2.26. The molecule has 2 aromatic heterocycles. The van der Waals surface area contributed by atoms with Gasteiger partial charge in [0, 0.05) is 51.6 Å². The Morgan fingerprint density at radius 1 is 1.28 bits per heavy atom. The molecule has 0 radical (unpaired) electrons. The molecular formula is C13H17NOS3. The monoisotopic (exact) mass is 299 g/mol. The molecule has 0 aromatic carbocycles. The minimum Gasteiger partial charge on any atom is -0.308 e. The highest BCUT2D eigenvalue weighted by Crippen LogP contribution is 2.24. The van der Waals surface area contributed by atoms with Crippen LogP contribution in [0.1, 0.15) is 15.8 Å². The smallest absolute Gasteiger partial charge is 0.0463 e. The average molecular weight is 299 g/mol. The van der Waals surface area contributed by atoms with Crippen LogP contribution in [0.5, 0.6) is 0 Å². The van der Waals surface area contributed by atoms with E-state index in [-0.39, 0.29) is 0 Å². The van der Waals surface area contributed by atoms with Gasteiger partial charge in [-0.1, -0.05) is 12.1 Å². The predicted molar refractivity (Wildman–Crippen MR) is 82.0 cm³/mol. The van der Waals surface area contributed by atoms with E-state index in [0.717, 1.165) is 13.0 Å². The molecule has 0 spiro atoms. The fraction of sp³-hybridized carbons (Fsp3) is 0.385. The summed E-state index contributed by atoms with van der Waals surface area (Å²) in [4.78, 5) is 2.74. The number of hydrogen-bond donors (Lipinski definition) is 1. The molecule has 0 bridgehead atoms. The van der Waals surface area contributed by atoms with Crippen molar-refractivity contribution in [1.82, 2.24) is 5.32 Å². The van der Waals surface area contributed by atoms with Gasteiger partial charge in [0.15, 0.2) is 0 Å². The van der Waals surface area contributed by atoms with E-state index in [4.69, 9.17) is 0 Å². The summed E-state index contributed by atoms with van der Waals surface area (Å²) in [5.41, 5.74) is 0. The topological polar surface area (TPSA) is 29.1 Å². The van der Waals surface area contributed by atoms with Gasteiger partial charge >= 0.3 is 0 Å². The Morgan fingerprint density at radius 3 is 2.67 bits per heavy atom. The average Bonchev–Trinajstić information content (AvgIpc) is 3.00. The highest BCUT2D eigenvalue weighted by molar-refractivity contribution is 7.84. The zero-order valence-electron chi connectivity index (χ0n) is 10.3. The first kappa shape index (κ1) is 13.9. The number of nitrogens with one attached hydrogen (secondary N) is 1. The number of thiophene rings is 2. The van der Waals surface area contributed by atoms with Gasteiger partial charge in [-0.2, -0.15) is 0 Å². The fourth-order valence-electron chi connectivity index (χ4n) is 1.77. The Labute approximate surface area is 119 Å². The van der Waals surface area contributed by atoms with E-state index in [2.05, 4.69) is 40.3 Å². The maximum atomic E-state index is 11.1. The second-order valence-corrected chi connectivity index (χ2v) is 7.65. The van der Waals surface area contributed by atoms with Gasteiger partial charge in [-0.05, 0) is 22.9 Å². The molecule has 18 heavy (non-hydrogen) atoms. The van der Waals surface area contributed by atoms with Crippen molar-refractivity contribution >= 4 is 33.5 Å². The first-order valence-electron chi connectivity index (χ1n) is 5.85. The molecule has 0 aliphatic heterocycles. The van der Waals surface area contributed by atoms with E-state index >= 15 is 0 Å². The molecule has 0 saturated carbocycles. The van der Waals surface area contributed by atoms with Gasteiger partial charge in [0.2, 0.25) is 0 Å². The molecule has 98 valence electrons. The van der Waals surface area contributed by atoms with Crippen LogP contribution in [0.25, 0.3) is 0 Å². The van der Waals surface area contributed by atoms with E-state index in [9.17, 15) is 4.21 Å². The molecule has 5 heteroatoms. The van der Waals surface area contributed by atoms with Crippen molar-refractivity contribution in [2.75, 3.05) is 18.6 Å².